The number of alkyl halides is 3. The van der Waals surface area contributed by atoms with Crippen LogP contribution in [0.3, 0.4) is 0 Å². The number of piperazine rings is 1. The van der Waals surface area contributed by atoms with Gasteiger partial charge in [-0.2, -0.15) is 13.2 Å². The zero-order valence-corrected chi connectivity index (χ0v) is 13.8. The lowest BCUT2D eigenvalue weighted by Crippen LogP contribution is -2.46. The zero-order chi connectivity index (χ0) is 17.9. The van der Waals surface area contributed by atoms with Crippen LogP contribution in [0.5, 0.6) is 5.88 Å². The fraction of sp³-hybridized carbons (Fsp3) is 0.412. The largest absolute Gasteiger partial charge is 0.481 e. The molecule has 0 aliphatic carbocycles. The number of hydrogen-bond donors (Lipinski definition) is 0. The minimum atomic E-state index is -4.35. The molecule has 3 rings (SSSR count). The van der Waals surface area contributed by atoms with Crippen molar-refractivity contribution in [3.8, 4) is 5.88 Å². The number of halogens is 3. The summed E-state index contributed by atoms with van der Waals surface area (Å²) in [5.41, 5.74) is 0.241. The highest BCUT2D eigenvalue weighted by Gasteiger charge is 2.31. The molecule has 0 atom stereocenters. The van der Waals surface area contributed by atoms with E-state index in [-0.39, 0.29) is 0 Å². The molecule has 0 aromatic carbocycles. The molecule has 2 aromatic heterocycles. The van der Waals surface area contributed by atoms with Crippen molar-refractivity contribution in [2.75, 3.05) is 38.2 Å². The highest BCUT2D eigenvalue weighted by molar-refractivity contribution is 5.42. The first-order valence-corrected chi connectivity index (χ1v) is 7.96. The summed E-state index contributed by atoms with van der Waals surface area (Å²) in [7, 11) is 1.58. The molecule has 1 aliphatic heterocycles. The molecule has 134 valence electrons. The fourth-order valence-electron chi connectivity index (χ4n) is 2.79. The molecule has 0 unspecified atom stereocenters. The van der Waals surface area contributed by atoms with Crippen molar-refractivity contribution in [1.82, 2.24) is 14.9 Å². The Morgan fingerprint density at radius 2 is 1.88 bits per heavy atom. The van der Waals surface area contributed by atoms with Crippen LogP contribution in [0, 0.1) is 0 Å². The van der Waals surface area contributed by atoms with Gasteiger partial charge in [-0.15, -0.1) is 0 Å². The summed E-state index contributed by atoms with van der Waals surface area (Å²) in [5, 5.41) is 0. The summed E-state index contributed by atoms with van der Waals surface area (Å²) in [5.74, 6) is 0.943. The highest BCUT2D eigenvalue weighted by atomic mass is 19.4. The van der Waals surface area contributed by atoms with E-state index in [1.807, 2.05) is 17.0 Å². The Labute approximate surface area is 144 Å². The summed E-state index contributed by atoms with van der Waals surface area (Å²) in [6, 6.07) is 7.72. The van der Waals surface area contributed by atoms with E-state index in [9.17, 15) is 13.2 Å². The van der Waals surface area contributed by atoms with Gasteiger partial charge in [0.1, 0.15) is 5.82 Å². The van der Waals surface area contributed by atoms with E-state index < -0.39 is 11.7 Å². The Kier molecular flexibility index (Phi) is 5.08. The van der Waals surface area contributed by atoms with E-state index in [1.165, 1.54) is 6.20 Å². The Morgan fingerprint density at radius 1 is 1.12 bits per heavy atom. The number of rotatable bonds is 4. The number of ether oxygens (including phenoxy) is 1. The van der Waals surface area contributed by atoms with Crippen molar-refractivity contribution in [3.63, 3.8) is 0 Å². The van der Waals surface area contributed by atoms with Gasteiger partial charge in [-0.05, 0) is 18.2 Å². The molecule has 1 saturated heterocycles. The van der Waals surface area contributed by atoms with Crippen molar-refractivity contribution >= 4 is 5.82 Å². The standard InChI is InChI=1S/C17H19F3N4O/c1-25-16-4-2-3-14(22-16)12-23-7-9-24(10-8-23)15-11-13(5-6-21-15)17(18,19)20/h2-6,11H,7-10,12H2,1H3. The monoisotopic (exact) mass is 352 g/mol. The van der Waals surface area contributed by atoms with Gasteiger partial charge < -0.3 is 9.64 Å². The second-order valence-corrected chi connectivity index (χ2v) is 5.83. The van der Waals surface area contributed by atoms with Crippen LogP contribution in [0.2, 0.25) is 0 Å². The average Bonchev–Trinajstić information content (AvgIpc) is 2.62. The van der Waals surface area contributed by atoms with Crippen LogP contribution >= 0.6 is 0 Å². The molecule has 2 aromatic rings. The van der Waals surface area contributed by atoms with Crippen molar-refractivity contribution in [2.45, 2.75) is 12.7 Å². The maximum atomic E-state index is 12.8. The Hall–Kier alpha value is -2.35. The van der Waals surface area contributed by atoms with Gasteiger partial charge >= 0.3 is 6.18 Å². The van der Waals surface area contributed by atoms with Crippen LogP contribution in [0.15, 0.2) is 36.5 Å². The quantitative estimate of drug-likeness (QED) is 0.846. The molecule has 3 heterocycles. The molecule has 0 radical (unpaired) electrons. The Morgan fingerprint density at radius 3 is 2.56 bits per heavy atom. The minimum absolute atomic E-state index is 0.369. The third-order valence-electron chi connectivity index (χ3n) is 4.15. The van der Waals surface area contributed by atoms with Crippen LogP contribution in [0.1, 0.15) is 11.3 Å². The molecule has 25 heavy (non-hydrogen) atoms. The smallest absolute Gasteiger partial charge is 0.416 e. The van der Waals surface area contributed by atoms with Crippen molar-refractivity contribution in [3.05, 3.63) is 47.8 Å². The van der Waals surface area contributed by atoms with Crippen molar-refractivity contribution in [2.24, 2.45) is 0 Å². The van der Waals surface area contributed by atoms with Gasteiger partial charge in [-0.3, -0.25) is 4.90 Å². The predicted molar refractivity (Wildman–Crippen MR) is 87.5 cm³/mol. The zero-order valence-electron chi connectivity index (χ0n) is 13.8. The van der Waals surface area contributed by atoms with Crippen LogP contribution in [-0.4, -0.2) is 48.2 Å². The molecular formula is C17H19F3N4O. The number of anilines is 1. The number of nitrogens with zero attached hydrogens (tertiary/aromatic N) is 4. The molecule has 8 heteroatoms. The molecule has 1 aliphatic rings. The summed E-state index contributed by atoms with van der Waals surface area (Å²) < 4.78 is 43.6. The topological polar surface area (TPSA) is 41.5 Å². The third kappa shape index (κ3) is 4.39. The summed E-state index contributed by atoms with van der Waals surface area (Å²) in [4.78, 5) is 12.6. The average molecular weight is 352 g/mol. The molecule has 5 nitrogen and oxygen atoms in total. The normalized spacial score (nSPS) is 16.1. The van der Waals surface area contributed by atoms with Gasteiger partial charge in [0.15, 0.2) is 0 Å². The lowest BCUT2D eigenvalue weighted by molar-refractivity contribution is -0.137. The molecule has 0 amide bonds. The first-order valence-electron chi connectivity index (χ1n) is 7.96. The second kappa shape index (κ2) is 7.26. The van der Waals surface area contributed by atoms with Crippen LogP contribution < -0.4 is 9.64 Å². The maximum absolute atomic E-state index is 12.8. The predicted octanol–water partition coefficient (Wildman–Crippen LogP) is 2.83. The first-order chi connectivity index (χ1) is 12.0. The highest BCUT2D eigenvalue weighted by Crippen LogP contribution is 2.30. The molecule has 0 saturated carbocycles. The minimum Gasteiger partial charge on any atom is -0.481 e. The van der Waals surface area contributed by atoms with E-state index in [1.54, 1.807) is 13.2 Å². The molecular weight excluding hydrogens is 333 g/mol. The number of hydrogen-bond acceptors (Lipinski definition) is 5. The van der Waals surface area contributed by atoms with Crippen LogP contribution in [-0.2, 0) is 12.7 Å². The number of aromatic nitrogens is 2. The van der Waals surface area contributed by atoms with Crippen LogP contribution in [0.25, 0.3) is 0 Å². The number of pyridine rings is 2. The van der Waals surface area contributed by atoms with Gasteiger partial charge in [0, 0.05) is 45.0 Å². The molecule has 0 spiro atoms. The summed E-state index contributed by atoms with van der Waals surface area (Å²) in [6.07, 6.45) is -3.14. The summed E-state index contributed by atoms with van der Waals surface area (Å²) in [6.45, 7) is 3.39. The first kappa shape index (κ1) is 17.5. The molecule has 1 fully saturated rings. The van der Waals surface area contributed by atoms with E-state index in [0.29, 0.717) is 31.3 Å². The fourth-order valence-corrected chi connectivity index (χ4v) is 2.79. The Balaban J connectivity index is 1.60. The number of methoxy groups -OCH3 is 1. The van der Waals surface area contributed by atoms with Gasteiger partial charge in [-0.25, -0.2) is 9.97 Å². The lowest BCUT2D eigenvalue weighted by atomic mass is 10.2. The van der Waals surface area contributed by atoms with Gasteiger partial charge in [0.05, 0.1) is 18.4 Å². The van der Waals surface area contributed by atoms with Gasteiger partial charge in [0.2, 0.25) is 5.88 Å². The van der Waals surface area contributed by atoms with Crippen molar-refractivity contribution < 1.29 is 17.9 Å². The van der Waals surface area contributed by atoms with E-state index in [4.69, 9.17) is 4.74 Å². The third-order valence-corrected chi connectivity index (χ3v) is 4.15. The van der Waals surface area contributed by atoms with E-state index in [2.05, 4.69) is 14.9 Å². The SMILES string of the molecule is COc1cccc(CN2CCN(c3cc(C(F)(F)F)ccn3)CC2)n1. The second-order valence-electron chi connectivity index (χ2n) is 5.83. The van der Waals surface area contributed by atoms with Crippen molar-refractivity contribution in [1.29, 1.82) is 0 Å². The molecule has 0 N–H and O–H groups in total. The lowest BCUT2D eigenvalue weighted by Gasteiger charge is -2.35. The van der Waals surface area contributed by atoms with E-state index in [0.717, 1.165) is 30.9 Å². The van der Waals surface area contributed by atoms with Gasteiger partial charge in [-0.1, -0.05) is 6.07 Å². The molecule has 0 bridgehead atoms. The van der Waals surface area contributed by atoms with Gasteiger partial charge in [0.25, 0.3) is 0 Å². The van der Waals surface area contributed by atoms with Crippen LogP contribution in [0.4, 0.5) is 19.0 Å². The Bertz CT molecular complexity index is 715. The maximum Gasteiger partial charge on any atom is 0.416 e. The van der Waals surface area contributed by atoms with E-state index >= 15 is 0 Å². The summed E-state index contributed by atoms with van der Waals surface area (Å²) >= 11 is 0.